The van der Waals surface area contributed by atoms with Crippen LogP contribution in [-0.2, 0) is 19.2 Å². The molecule has 3 heterocycles. The molecule has 0 aromatic carbocycles. The van der Waals surface area contributed by atoms with Gasteiger partial charge in [-0.15, -0.1) is 11.8 Å². The molecule has 0 bridgehead atoms. The van der Waals surface area contributed by atoms with Crippen molar-refractivity contribution in [3.63, 3.8) is 0 Å². The Labute approximate surface area is 192 Å². The third kappa shape index (κ3) is 4.51. The van der Waals surface area contributed by atoms with Crippen molar-refractivity contribution in [2.75, 3.05) is 41.3 Å². The molecule has 2 fully saturated rings. The van der Waals surface area contributed by atoms with Gasteiger partial charge >= 0.3 is 5.97 Å². The smallest absolute Gasteiger partial charge is 0.353 e. The van der Waals surface area contributed by atoms with Crippen LogP contribution in [0.4, 0.5) is 0 Å². The zero-order valence-corrected chi connectivity index (χ0v) is 20.2. The van der Waals surface area contributed by atoms with Crippen LogP contribution in [0.2, 0.25) is 0 Å². The van der Waals surface area contributed by atoms with E-state index in [0.29, 0.717) is 17.9 Å². The molecule has 0 aromatic heterocycles. The van der Waals surface area contributed by atoms with Crippen molar-refractivity contribution in [1.82, 2.24) is 25.3 Å². The summed E-state index contributed by atoms with van der Waals surface area (Å²) in [5, 5.41) is 16.0. The normalized spacial score (nSPS) is 30.3. The number of hydrogen-bond acceptors (Lipinski definition) is 7. The lowest BCUT2D eigenvalue weighted by Crippen LogP contribution is -2.66. The van der Waals surface area contributed by atoms with Crippen LogP contribution in [0, 0.1) is 11.8 Å². The average molecular weight is 468 g/mol. The molecule has 0 aliphatic carbocycles. The molecule has 3 N–H and O–H groups in total. The fourth-order valence-corrected chi connectivity index (χ4v) is 6.32. The number of nitrogens with zero attached hydrogens (tertiary/aromatic N) is 3. The minimum atomic E-state index is -1.12. The van der Waals surface area contributed by atoms with E-state index >= 15 is 0 Å². The number of carboxylic acids is 1. The van der Waals surface area contributed by atoms with Crippen molar-refractivity contribution in [3.05, 3.63) is 10.6 Å². The Morgan fingerprint density at radius 1 is 1.28 bits per heavy atom. The highest BCUT2D eigenvalue weighted by Crippen LogP contribution is 2.51. The minimum absolute atomic E-state index is 0.00126. The number of thioether (sulfide) groups is 1. The van der Waals surface area contributed by atoms with Gasteiger partial charge in [0.05, 0.1) is 24.5 Å². The molecule has 6 atom stereocenters. The highest BCUT2D eigenvalue weighted by atomic mass is 32.2. The second-order valence-electron chi connectivity index (χ2n) is 9.29. The van der Waals surface area contributed by atoms with E-state index in [1.807, 2.05) is 6.92 Å². The zero-order chi connectivity index (χ0) is 23.9. The molecule has 3 aliphatic rings. The highest BCUT2D eigenvalue weighted by Gasteiger charge is 2.60. The number of fused-ring (bicyclic) bond motifs is 1. The number of aliphatic carboxylic acids is 1. The highest BCUT2D eigenvalue weighted by molar-refractivity contribution is 8.03. The second-order valence-corrected chi connectivity index (χ2v) is 10.6. The third-order valence-corrected chi connectivity index (χ3v) is 7.81. The van der Waals surface area contributed by atoms with Crippen LogP contribution in [0.3, 0.4) is 0 Å². The molecule has 178 valence electrons. The summed E-state index contributed by atoms with van der Waals surface area (Å²) in [6.07, 6.45) is 0.601. The maximum absolute atomic E-state index is 12.9. The SMILES string of the molecule is C[C@@H](NC(=O)CN(C)C)[C@H]1C(=O)N2C(C(=O)O)=C(S[C@@H]3CN[C@H](C(=O)N(C)C)C3)[C@H](C)[C@H]12. The second kappa shape index (κ2) is 9.40. The number of carbonyl (C=O) groups excluding carboxylic acids is 3. The number of carboxylic acid groups (broad SMARTS) is 1. The van der Waals surface area contributed by atoms with Crippen molar-refractivity contribution in [2.24, 2.45) is 11.8 Å². The Morgan fingerprint density at radius 2 is 1.94 bits per heavy atom. The minimum Gasteiger partial charge on any atom is -0.477 e. The van der Waals surface area contributed by atoms with Crippen LogP contribution in [-0.4, -0.2) is 108 Å². The van der Waals surface area contributed by atoms with E-state index in [0.717, 1.165) is 0 Å². The quantitative estimate of drug-likeness (QED) is 0.404. The van der Waals surface area contributed by atoms with E-state index in [2.05, 4.69) is 10.6 Å². The Balaban J connectivity index is 1.73. The molecule has 0 unspecified atom stereocenters. The van der Waals surface area contributed by atoms with Gasteiger partial charge in [-0.1, -0.05) is 6.92 Å². The van der Waals surface area contributed by atoms with Gasteiger partial charge in [0.25, 0.3) is 0 Å². The van der Waals surface area contributed by atoms with E-state index in [4.69, 9.17) is 0 Å². The fourth-order valence-electron chi connectivity index (χ4n) is 4.85. The first-order valence-corrected chi connectivity index (χ1v) is 11.7. The maximum Gasteiger partial charge on any atom is 0.353 e. The van der Waals surface area contributed by atoms with Gasteiger partial charge < -0.3 is 30.4 Å². The van der Waals surface area contributed by atoms with Gasteiger partial charge in [-0.2, -0.15) is 0 Å². The summed E-state index contributed by atoms with van der Waals surface area (Å²) in [4.78, 5) is 54.8. The number of nitrogens with one attached hydrogen (secondary N) is 2. The van der Waals surface area contributed by atoms with Gasteiger partial charge in [0, 0.05) is 42.8 Å². The Morgan fingerprint density at radius 3 is 2.50 bits per heavy atom. The molecule has 3 rings (SSSR count). The molecule has 3 amide bonds. The van der Waals surface area contributed by atoms with Crippen molar-refractivity contribution < 1.29 is 24.3 Å². The Hall–Kier alpha value is -2.11. The topological polar surface area (TPSA) is 122 Å². The van der Waals surface area contributed by atoms with Gasteiger partial charge in [-0.05, 0) is 27.4 Å². The summed E-state index contributed by atoms with van der Waals surface area (Å²) in [7, 11) is 7.01. The lowest BCUT2D eigenvalue weighted by Gasteiger charge is -2.47. The van der Waals surface area contributed by atoms with E-state index in [1.165, 1.54) is 16.7 Å². The lowest BCUT2D eigenvalue weighted by atomic mass is 9.78. The Bertz CT molecular complexity index is 844. The zero-order valence-electron chi connectivity index (χ0n) is 19.4. The lowest BCUT2D eigenvalue weighted by molar-refractivity contribution is -0.158. The number of β-lactam (4-membered cyclic amide) rings is 1. The van der Waals surface area contributed by atoms with E-state index in [-0.39, 0.29) is 53.2 Å². The molecular weight excluding hydrogens is 434 g/mol. The molecule has 32 heavy (non-hydrogen) atoms. The van der Waals surface area contributed by atoms with Crippen LogP contribution in [0.25, 0.3) is 0 Å². The molecular formula is C21H33N5O5S. The van der Waals surface area contributed by atoms with Crippen molar-refractivity contribution in [2.45, 2.75) is 43.6 Å². The van der Waals surface area contributed by atoms with Crippen LogP contribution in [0.1, 0.15) is 20.3 Å². The first-order chi connectivity index (χ1) is 14.9. The van der Waals surface area contributed by atoms with E-state index in [1.54, 1.807) is 44.9 Å². The molecule has 0 saturated carbocycles. The van der Waals surface area contributed by atoms with E-state index in [9.17, 15) is 24.3 Å². The molecule has 0 radical (unpaired) electrons. The van der Waals surface area contributed by atoms with Gasteiger partial charge in [-0.3, -0.25) is 14.4 Å². The predicted molar refractivity (Wildman–Crippen MR) is 121 cm³/mol. The maximum atomic E-state index is 12.9. The molecule has 11 heteroatoms. The number of carbonyl (C=O) groups is 4. The largest absolute Gasteiger partial charge is 0.477 e. The summed E-state index contributed by atoms with van der Waals surface area (Å²) in [6.45, 7) is 4.55. The first kappa shape index (κ1) is 24.5. The summed E-state index contributed by atoms with van der Waals surface area (Å²) in [5.41, 5.74) is 0.0444. The first-order valence-electron chi connectivity index (χ1n) is 10.8. The van der Waals surface area contributed by atoms with Gasteiger partial charge in [-0.25, -0.2) is 4.79 Å². The number of hydrogen-bond donors (Lipinski definition) is 3. The summed E-state index contributed by atoms with van der Waals surface area (Å²) in [5.74, 6) is -2.18. The monoisotopic (exact) mass is 467 g/mol. The average Bonchev–Trinajstić information content (AvgIpc) is 3.22. The van der Waals surface area contributed by atoms with Crippen molar-refractivity contribution in [3.8, 4) is 0 Å². The van der Waals surface area contributed by atoms with Gasteiger partial charge in [0.15, 0.2) is 0 Å². The number of rotatable bonds is 8. The molecule has 2 saturated heterocycles. The number of amides is 3. The van der Waals surface area contributed by atoms with Gasteiger partial charge in [0.2, 0.25) is 17.7 Å². The third-order valence-electron chi connectivity index (χ3n) is 6.30. The molecule has 0 aromatic rings. The Kier molecular flexibility index (Phi) is 7.21. The van der Waals surface area contributed by atoms with Crippen LogP contribution in [0.15, 0.2) is 10.6 Å². The van der Waals surface area contributed by atoms with Crippen LogP contribution in [0.5, 0.6) is 0 Å². The fraction of sp³-hybridized carbons (Fsp3) is 0.714. The van der Waals surface area contributed by atoms with Gasteiger partial charge in [0.1, 0.15) is 5.70 Å². The molecule has 10 nitrogen and oxygen atoms in total. The van der Waals surface area contributed by atoms with Crippen LogP contribution >= 0.6 is 11.8 Å². The van der Waals surface area contributed by atoms with Crippen molar-refractivity contribution in [1.29, 1.82) is 0 Å². The molecule has 0 spiro atoms. The summed E-state index contributed by atoms with van der Waals surface area (Å²) in [6, 6.07) is -0.973. The summed E-state index contributed by atoms with van der Waals surface area (Å²) < 4.78 is 0. The van der Waals surface area contributed by atoms with Crippen LogP contribution < -0.4 is 10.6 Å². The standard InChI is InChI=1S/C21H33N5O5S/c1-10-16-15(11(2)23-14(27)9-24(3)4)20(29)26(16)17(21(30)31)18(10)32-12-7-13(22-8-12)19(28)25(5)6/h10-13,15-16,22H,7-9H2,1-6H3,(H,23,27)(H,30,31)/t10-,11-,12+,13+,15-,16-/m1/s1. The van der Waals surface area contributed by atoms with Crippen molar-refractivity contribution >= 4 is 35.5 Å². The van der Waals surface area contributed by atoms with E-state index < -0.39 is 17.9 Å². The molecule has 3 aliphatic heterocycles. The number of likely N-dealkylation sites (N-methyl/N-ethyl adjacent to an activating group) is 2. The summed E-state index contributed by atoms with van der Waals surface area (Å²) >= 11 is 1.46. The predicted octanol–water partition coefficient (Wildman–Crippen LogP) is -0.622.